The molecule has 13 heteroatoms. The molecule has 1 aromatic heterocycles. The number of ether oxygens (including phenoxy) is 2. The van der Waals surface area contributed by atoms with Crippen LogP contribution in [0.3, 0.4) is 0 Å². The Balaban J connectivity index is 1.29. The summed E-state index contributed by atoms with van der Waals surface area (Å²) in [4.78, 5) is 74.0. The molecule has 0 bridgehead atoms. The summed E-state index contributed by atoms with van der Waals surface area (Å²) in [5.74, 6) is -2.12. The van der Waals surface area contributed by atoms with Crippen molar-refractivity contribution in [3.8, 4) is 5.75 Å². The highest BCUT2D eigenvalue weighted by atomic mass is 16.6. The molecule has 2 fully saturated rings. The standard InChI is InChI=1S/C37H45N5O8/c1-3-4-21-49-37(48)41-19-17-40(18-20-41)36(47)28(14-15-34(44)45)39-35(46)30-23-32(27-13-12-25(2)22-29(27)38-30)50-24-33(43)42-16-8-11-31(42)26-9-6-5-7-10-26/h5-7,9-10,12-13,22-23,28,31H,3-4,8,11,14-21,24H2,1-2H3,(H,39,46)(H,44,45)/t28-,31-/m0/s1. The summed E-state index contributed by atoms with van der Waals surface area (Å²) in [7, 11) is 0. The van der Waals surface area contributed by atoms with E-state index >= 15 is 0 Å². The number of likely N-dealkylation sites (tertiary alicyclic amines) is 1. The molecule has 2 atom stereocenters. The number of fused-ring (bicyclic) bond motifs is 1. The number of pyridine rings is 1. The second-order valence-electron chi connectivity index (χ2n) is 12.7. The van der Waals surface area contributed by atoms with E-state index in [0.29, 0.717) is 29.8 Å². The predicted molar refractivity (Wildman–Crippen MR) is 185 cm³/mol. The van der Waals surface area contributed by atoms with Gasteiger partial charge in [0.15, 0.2) is 6.61 Å². The van der Waals surface area contributed by atoms with Crippen LogP contribution in [0.4, 0.5) is 4.79 Å². The average Bonchev–Trinajstić information content (AvgIpc) is 3.62. The lowest BCUT2D eigenvalue weighted by atomic mass is 10.0. The maximum absolute atomic E-state index is 13.7. The summed E-state index contributed by atoms with van der Waals surface area (Å²) in [5.41, 5.74) is 2.40. The number of aliphatic carboxylic acids is 1. The topological polar surface area (TPSA) is 159 Å². The first kappa shape index (κ1) is 36.1. The molecule has 266 valence electrons. The summed E-state index contributed by atoms with van der Waals surface area (Å²) in [6, 6.07) is 15.7. The van der Waals surface area contributed by atoms with E-state index in [-0.39, 0.29) is 63.3 Å². The second kappa shape index (κ2) is 17.0. The molecule has 0 spiro atoms. The third-order valence-corrected chi connectivity index (χ3v) is 9.09. The van der Waals surface area contributed by atoms with Crippen molar-refractivity contribution in [2.24, 2.45) is 0 Å². The average molecular weight is 688 g/mol. The molecule has 0 aliphatic carbocycles. The van der Waals surface area contributed by atoms with Gasteiger partial charge >= 0.3 is 12.1 Å². The molecule has 13 nitrogen and oxygen atoms in total. The number of rotatable bonds is 13. The number of aryl methyl sites for hydroxylation is 1. The Morgan fingerprint density at radius 1 is 0.980 bits per heavy atom. The fraction of sp³-hybridized carbons (Fsp3) is 0.459. The lowest BCUT2D eigenvalue weighted by Gasteiger charge is -2.36. The number of benzene rings is 2. The van der Waals surface area contributed by atoms with Gasteiger partial charge in [0.05, 0.1) is 18.2 Å². The highest BCUT2D eigenvalue weighted by Gasteiger charge is 2.32. The number of carbonyl (C=O) groups is 5. The Morgan fingerprint density at radius 3 is 2.44 bits per heavy atom. The number of aromatic nitrogens is 1. The van der Waals surface area contributed by atoms with Crippen LogP contribution in [-0.4, -0.2) is 107 Å². The monoisotopic (exact) mass is 687 g/mol. The van der Waals surface area contributed by atoms with Crippen LogP contribution in [0.5, 0.6) is 5.75 Å². The first-order valence-corrected chi connectivity index (χ1v) is 17.3. The van der Waals surface area contributed by atoms with E-state index in [2.05, 4.69) is 10.3 Å². The number of carboxylic acid groups (broad SMARTS) is 1. The highest BCUT2D eigenvalue weighted by molar-refractivity contribution is 5.99. The number of carboxylic acids is 1. The van der Waals surface area contributed by atoms with Crippen molar-refractivity contribution in [1.82, 2.24) is 25.0 Å². The highest BCUT2D eigenvalue weighted by Crippen LogP contribution is 2.32. The first-order chi connectivity index (χ1) is 24.1. The minimum atomic E-state index is -1.15. The van der Waals surface area contributed by atoms with Crippen LogP contribution in [0, 0.1) is 6.92 Å². The molecule has 0 unspecified atom stereocenters. The maximum atomic E-state index is 13.7. The van der Waals surface area contributed by atoms with Crippen molar-refractivity contribution in [3.05, 3.63) is 71.4 Å². The number of unbranched alkanes of at least 4 members (excludes halogenated alkanes) is 1. The van der Waals surface area contributed by atoms with Gasteiger partial charge in [-0.1, -0.05) is 49.7 Å². The lowest BCUT2D eigenvalue weighted by Crippen LogP contribution is -2.56. The summed E-state index contributed by atoms with van der Waals surface area (Å²) < 4.78 is 11.4. The molecular formula is C37H45N5O8. The molecule has 0 radical (unpaired) electrons. The van der Waals surface area contributed by atoms with Gasteiger partial charge in [-0.25, -0.2) is 9.78 Å². The van der Waals surface area contributed by atoms with Crippen LogP contribution < -0.4 is 10.1 Å². The molecular weight excluding hydrogens is 642 g/mol. The SMILES string of the molecule is CCCCOC(=O)N1CCN(C(=O)[C@H](CCC(=O)O)NC(=O)c2cc(OCC(=O)N3CCC[C@H]3c3ccccc3)c3ccc(C)cc3n2)CC1. The summed E-state index contributed by atoms with van der Waals surface area (Å²) in [5, 5.41) is 12.7. The van der Waals surface area contributed by atoms with Crippen molar-refractivity contribution in [2.75, 3.05) is 45.9 Å². The van der Waals surface area contributed by atoms with Gasteiger partial charge in [0.1, 0.15) is 17.5 Å². The van der Waals surface area contributed by atoms with Crippen LogP contribution in [0.2, 0.25) is 0 Å². The third kappa shape index (κ3) is 9.07. The van der Waals surface area contributed by atoms with Crippen molar-refractivity contribution < 1.29 is 38.6 Å². The van der Waals surface area contributed by atoms with Crippen LogP contribution in [-0.2, 0) is 19.1 Å². The molecule has 5 rings (SSSR count). The van der Waals surface area contributed by atoms with Crippen molar-refractivity contribution in [3.63, 3.8) is 0 Å². The van der Waals surface area contributed by atoms with E-state index in [9.17, 15) is 29.1 Å². The van der Waals surface area contributed by atoms with E-state index in [4.69, 9.17) is 9.47 Å². The molecule has 2 aromatic carbocycles. The summed E-state index contributed by atoms with van der Waals surface area (Å²) in [6.45, 7) is 5.53. The largest absolute Gasteiger partial charge is 0.483 e. The summed E-state index contributed by atoms with van der Waals surface area (Å²) >= 11 is 0. The number of nitrogens with one attached hydrogen (secondary N) is 1. The molecule has 4 amide bonds. The van der Waals surface area contributed by atoms with Gasteiger partial charge in [0, 0.05) is 50.6 Å². The lowest BCUT2D eigenvalue weighted by molar-refractivity contribution is -0.138. The van der Waals surface area contributed by atoms with E-state index < -0.39 is 29.9 Å². The van der Waals surface area contributed by atoms with Crippen molar-refractivity contribution in [2.45, 2.75) is 64.5 Å². The number of carbonyl (C=O) groups excluding carboxylic acids is 4. The first-order valence-electron chi connectivity index (χ1n) is 17.3. The van der Waals surface area contributed by atoms with Gasteiger partial charge in [-0.15, -0.1) is 0 Å². The minimum Gasteiger partial charge on any atom is -0.483 e. The fourth-order valence-electron chi connectivity index (χ4n) is 6.33. The Labute approximate surface area is 291 Å². The Hall–Kier alpha value is -5.20. The molecule has 2 saturated heterocycles. The van der Waals surface area contributed by atoms with Crippen LogP contribution in [0.15, 0.2) is 54.6 Å². The van der Waals surface area contributed by atoms with Gasteiger partial charge in [-0.2, -0.15) is 0 Å². The zero-order valence-corrected chi connectivity index (χ0v) is 28.6. The summed E-state index contributed by atoms with van der Waals surface area (Å²) in [6.07, 6.45) is 2.49. The number of hydrogen-bond donors (Lipinski definition) is 2. The molecule has 2 N–H and O–H groups in total. The molecule has 3 heterocycles. The quantitative estimate of drug-likeness (QED) is 0.250. The van der Waals surface area contributed by atoms with Gasteiger partial charge in [-0.05, 0) is 55.9 Å². The van der Waals surface area contributed by atoms with Gasteiger partial charge in [0.2, 0.25) is 5.91 Å². The normalized spacial score (nSPS) is 16.6. The zero-order chi connectivity index (χ0) is 35.6. The van der Waals surface area contributed by atoms with Gasteiger partial charge in [0.25, 0.3) is 11.8 Å². The number of hydrogen-bond acceptors (Lipinski definition) is 8. The smallest absolute Gasteiger partial charge is 0.409 e. The van der Waals surface area contributed by atoms with Gasteiger partial charge < -0.3 is 34.6 Å². The van der Waals surface area contributed by atoms with E-state index in [1.165, 1.54) is 15.9 Å². The van der Waals surface area contributed by atoms with E-state index in [1.54, 1.807) is 6.07 Å². The Bertz CT molecular complexity index is 1690. The van der Waals surface area contributed by atoms with Crippen molar-refractivity contribution in [1.29, 1.82) is 0 Å². The molecule has 2 aliphatic heterocycles. The molecule has 2 aliphatic rings. The number of amides is 4. The Morgan fingerprint density at radius 2 is 1.72 bits per heavy atom. The number of nitrogens with zero attached hydrogens (tertiary/aromatic N) is 4. The van der Waals surface area contributed by atoms with Crippen LogP contribution >= 0.6 is 0 Å². The second-order valence-corrected chi connectivity index (χ2v) is 12.7. The molecule has 0 saturated carbocycles. The molecule has 3 aromatic rings. The fourth-order valence-corrected chi connectivity index (χ4v) is 6.33. The predicted octanol–water partition coefficient (Wildman–Crippen LogP) is 4.33. The van der Waals surface area contributed by atoms with Crippen LogP contribution in [0.1, 0.15) is 73.1 Å². The van der Waals surface area contributed by atoms with E-state index in [1.807, 2.05) is 61.2 Å². The maximum Gasteiger partial charge on any atom is 0.409 e. The van der Waals surface area contributed by atoms with E-state index in [0.717, 1.165) is 36.8 Å². The molecule has 50 heavy (non-hydrogen) atoms. The zero-order valence-electron chi connectivity index (χ0n) is 28.6. The van der Waals surface area contributed by atoms with Crippen molar-refractivity contribution >= 4 is 40.7 Å². The van der Waals surface area contributed by atoms with Crippen LogP contribution in [0.25, 0.3) is 10.9 Å². The number of piperazine rings is 1. The van der Waals surface area contributed by atoms with Gasteiger partial charge in [-0.3, -0.25) is 19.2 Å². The Kier molecular flexibility index (Phi) is 12.2. The minimum absolute atomic E-state index is 0.0339. The third-order valence-electron chi connectivity index (χ3n) is 9.09.